The van der Waals surface area contributed by atoms with E-state index in [1.807, 2.05) is 72.2 Å². The Hall–Kier alpha value is -4.52. The zero-order valence-electron chi connectivity index (χ0n) is 25.7. The standard InChI is InChI=1S/C31H31NO6.C5H10/c1-3-37-31(35)30-29(23-7-5-9-25(17-23)38-19-20-10-11-20)26-15-21(16-28(33)34)12-13-27(26)32(30)18-22-6-4-8-24(14-22)36-2;1-4-5(2)3/h4-9,12-15,17,20H,3,10-11,16,18-19H2,1-2H3,(H,33,34);4H,1-3H3. The molecule has 1 N–H and O–H groups in total. The minimum absolute atomic E-state index is 0.115. The largest absolute Gasteiger partial charge is 0.497 e. The van der Waals surface area contributed by atoms with Crippen molar-refractivity contribution in [3.05, 3.63) is 95.2 Å². The van der Waals surface area contributed by atoms with E-state index in [1.54, 1.807) is 20.1 Å². The third-order valence-electron chi connectivity index (χ3n) is 7.31. The van der Waals surface area contributed by atoms with E-state index in [4.69, 9.17) is 14.2 Å². The molecule has 226 valence electrons. The van der Waals surface area contributed by atoms with Gasteiger partial charge in [-0.1, -0.05) is 42.0 Å². The van der Waals surface area contributed by atoms with Crippen molar-refractivity contribution in [2.24, 2.45) is 5.92 Å². The number of benzene rings is 3. The summed E-state index contributed by atoms with van der Waals surface area (Å²) in [6, 6.07) is 21.0. The van der Waals surface area contributed by atoms with Crippen LogP contribution < -0.4 is 9.47 Å². The van der Waals surface area contributed by atoms with Gasteiger partial charge in [-0.15, -0.1) is 0 Å². The first-order chi connectivity index (χ1) is 20.7. The zero-order chi connectivity index (χ0) is 30.9. The van der Waals surface area contributed by atoms with Gasteiger partial charge in [-0.25, -0.2) is 4.79 Å². The zero-order valence-corrected chi connectivity index (χ0v) is 25.7. The molecule has 4 aromatic rings. The average molecular weight is 584 g/mol. The van der Waals surface area contributed by atoms with Gasteiger partial charge in [-0.05, 0) is 99.5 Å². The Balaban J connectivity index is 0.000000782. The Labute approximate surface area is 253 Å². The molecule has 1 saturated carbocycles. The van der Waals surface area contributed by atoms with Gasteiger partial charge in [0, 0.05) is 23.0 Å². The molecule has 0 amide bonds. The van der Waals surface area contributed by atoms with E-state index in [2.05, 4.69) is 19.9 Å². The van der Waals surface area contributed by atoms with Gasteiger partial charge in [-0.2, -0.15) is 0 Å². The van der Waals surface area contributed by atoms with Gasteiger partial charge in [0.2, 0.25) is 0 Å². The molecule has 1 aromatic heterocycles. The Kier molecular flexibility index (Phi) is 10.7. The van der Waals surface area contributed by atoms with E-state index < -0.39 is 11.9 Å². The second kappa shape index (κ2) is 14.6. The molecule has 0 aliphatic heterocycles. The van der Waals surface area contributed by atoms with Gasteiger partial charge in [0.05, 0.1) is 26.7 Å². The van der Waals surface area contributed by atoms with Crippen LogP contribution in [-0.2, 0) is 22.5 Å². The number of hydrogen-bond donors (Lipinski definition) is 1. The molecular weight excluding hydrogens is 542 g/mol. The average Bonchev–Trinajstić information content (AvgIpc) is 3.78. The first-order valence-electron chi connectivity index (χ1n) is 14.7. The van der Waals surface area contributed by atoms with E-state index in [1.165, 1.54) is 18.4 Å². The number of aliphatic carboxylic acids is 1. The van der Waals surface area contributed by atoms with Gasteiger partial charge < -0.3 is 23.9 Å². The number of allylic oxidation sites excluding steroid dienone is 2. The number of carboxylic acid groups (broad SMARTS) is 1. The van der Waals surface area contributed by atoms with Crippen molar-refractivity contribution in [3.63, 3.8) is 0 Å². The summed E-state index contributed by atoms with van der Waals surface area (Å²) in [4.78, 5) is 25.0. The number of hydrogen-bond acceptors (Lipinski definition) is 5. The van der Waals surface area contributed by atoms with Gasteiger partial charge in [0.1, 0.15) is 17.2 Å². The third kappa shape index (κ3) is 8.28. The number of ether oxygens (including phenoxy) is 3. The number of nitrogens with zero attached hydrogens (tertiary/aromatic N) is 1. The van der Waals surface area contributed by atoms with Crippen LogP contribution in [0, 0.1) is 5.92 Å². The Morgan fingerprint density at radius 1 is 0.977 bits per heavy atom. The number of rotatable bonds is 11. The summed E-state index contributed by atoms with van der Waals surface area (Å²) in [5, 5.41) is 10.2. The predicted molar refractivity (Wildman–Crippen MR) is 170 cm³/mol. The Morgan fingerprint density at radius 3 is 2.35 bits per heavy atom. The topological polar surface area (TPSA) is 87.0 Å². The van der Waals surface area contributed by atoms with Crippen LogP contribution in [0.4, 0.5) is 0 Å². The molecule has 0 saturated heterocycles. The molecule has 0 spiro atoms. The fourth-order valence-corrected chi connectivity index (χ4v) is 4.75. The molecule has 1 heterocycles. The van der Waals surface area contributed by atoms with Crippen molar-refractivity contribution in [3.8, 4) is 22.6 Å². The lowest BCUT2D eigenvalue weighted by Gasteiger charge is -2.13. The van der Waals surface area contributed by atoms with Crippen LogP contribution in [0.2, 0.25) is 0 Å². The van der Waals surface area contributed by atoms with Crippen molar-refractivity contribution in [1.82, 2.24) is 4.57 Å². The summed E-state index contributed by atoms with van der Waals surface area (Å²) in [5.41, 5.74) is 5.72. The quantitative estimate of drug-likeness (QED) is 0.143. The maximum Gasteiger partial charge on any atom is 0.355 e. The highest BCUT2D eigenvalue weighted by Crippen LogP contribution is 2.39. The summed E-state index contributed by atoms with van der Waals surface area (Å²) < 4.78 is 18.9. The summed E-state index contributed by atoms with van der Waals surface area (Å²) >= 11 is 0. The second-order valence-electron chi connectivity index (χ2n) is 11.0. The Morgan fingerprint density at radius 2 is 1.70 bits per heavy atom. The lowest BCUT2D eigenvalue weighted by Crippen LogP contribution is -2.14. The number of carboxylic acids is 1. The number of esters is 1. The summed E-state index contributed by atoms with van der Waals surface area (Å²) in [5.74, 6) is 0.714. The number of methoxy groups -OCH3 is 1. The number of aromatic nitrogens is 1. The second-order valence-corrected chi connectivity index (χ2v) is 11.0. The van der Waals surface area contributed by atoms with Crippen LogP contribution in [0.3, 0.4) is 0 Å². The van der Waals surface area contributed by atoms with E-state index in [0.29, 0.717) is 35.9 Å². The van der Waals surface area contributed by atoms with Crippen LogP contribution in [-0.4, -0.2) is 41.9 Å². The highest BCUT2D eigenvalue weighted by molar-refractivity contribution is 6.09. The molecule has 1 fully saturated rings. The maximum absolute atomic E-state index is 13.5. The van der Waals surface area contributed by atoms with Crippen LogP contribution in [0.5, 0.6) is 11.5 Å². The molecule has 0 bridgehead atoms. The molecular formula is C36H41NO6. The summed E-state index contributed by atoms with van der Waals surface area (Å²) in [6.45, 7) is 9.29. The highest BCUT2D eigenvalue weighted by atomic mass is 16.5. The first-order valence-corrected chi connectivity index (χ1v) is 14.7. The highest BCUT2D eigenvalue weighted by Gasteiger charge is 2.26. The monoisotopic (exact) mass is 583 g/mol. The van der Waals surface area contributed by atoms with Crippen molar-refractivity contribution < 1.29 is 28.9 Å². The van der Waals surface area contributed by atoms with Crippen molar-refractivity contribution >= 4 is 22.8 Å². The van der Waals surface area contributed by atoms with Gasteiger partial charge >= 0.3 is 11.9 Å². The minimum Gasteiger partial charge on any atom is -0.497 e. The molecule has 1 aliphatic carbocycles. The Bertz CT molecular complexity index is 1610. The van der Waals surface area contributed by atoms with Crippen molar-refractivity contribution in [1.29, 1.82) is 0 Å². The fourth-order valence-electron chi connectivity index (χ4n) is 4.75. The molecule has 0 unspecified atom stereocenters. The lowest BCUT2D eigenvalue weighted by atomic mass is 9.99. The molecule has 0 radical (unpaired) electrons. The SMILES string of the molecule is CC=C(C)C.CCOC(=O)c1c(-c2cccc(OCC3CC3)c2)c2cc(CC(=O)O)ccc2n1Cc1cccc(OC)c1. The normalized spacial score (nSPS) is 12.2. The number of carbonyl (C=O) groups excluding carboxylic acids is 1. The van der Waals surface area contributed by atoms with Gasteiger partial charge in [-0.3, -0.25) is 4.79 Å². The van der Waals surface area contributed by atoms with E-state index >= 15 is 0 Å². The van der Waals surface area contributed by atoms with E-state index in [0.717, 1.165) is 33.5 Å². The van der Waals surface area contributed by atoms with Crippen LogP contribution >= 0.6 is 0 Å². The van der Waals surface area contributed by atoms with Crippen LogP contribution in [0.15, 0.2) is 78.4 Å². The smallest absolute Gasteiger partial charge is 0.355 e. The number of carbonyl (C=O) groups is 2. The fraction of sp³-hybridized carbons (Fsp3) is 0.333. The predicted octanol–water partition coefficient (Wildman–Crippen LogP) is 7.93. The van der Waals surface area contributed by atoms with Crippen LogP contribution in [0.25, 0.3) is 22.0 Å². The molecule has 7 heteroatoms. The molecule has 1 aliphatic rings. The van der Waals surface area contributed by atoms with E-state index in [-0.39, 0.29) is 13.0 Å². The van der Waals surface area contributed by atoms with Gasteiger partial charge in [0.25, 0.3) is 0 Å². The third-order valence-corrected chi connectivity index (χ3v) is 7.31. The number of fused-ring (bicyclic) bond motifs is 1. The van der Waals surface area contributed by atoms with E-state index in [9.17, 15) is 14.7 Å². The van der Waals surface area contributed by atoms with Gasteiger partial charge in [0.15, 0.2) is 0 Å². The minimum atomic E-state index is -0.914. The van der Waals surface area contributed by atoms with Crippen molar-refractivity contribution in [2.45, 2.75) is 53.5 Å². The molecule has 0 atom stereocenters. The lowest BCUT2D eigenvalue weighted by molar-refractivity contribution is -0.136. The van der Waals surface area contributed by atoms with Crippen LogP contribution in [0.1, 0.15) is 62.2 Å². The molecule has 3 aromatic carbocycles. The van der Waals surface area contributed by atoms with Crippen molar-refractivity contribution in [2.75, 3.05) is 20.3 Å². The summed E-state index contributed by atoms with van der Waals surface area (Å²) in [7, 11) is 1.62. The molecule has 5 rings (SSSR count). The molecule has 7 nitrogen and oxygen atoms in total. The summed E-state index contributed by atoms with van der Waals surface area (Å²) in [6.07, 6.45) is 4.35. The first kappa shape index (κ1) is 31.4. The maximum atomic E-state index is 13.5. The molecule has 43 heavy (non-hydrogen) atoms.